The van der Waals surface area contributed by atoms with E-state index in [4.69, 9.17) is 0 Å². The van der Waals surface area contributed by atoms with E-state index in [1.54, 1.807) is 6.92 Å². The minimum atomic E-state index is -0.510. The molecule has 0 bridgehead atoms. The molecule has 0 spiro atoms. The number of rotatable bonds is 1. The predicted molar refractivity (Wildman–Crippen MR) is 112 cm³/mol. The summed E-state index contributed by atoms with van der Waals surface area (Å²) in [5.74, 6) is -1.98. The molecule has 27 heavy (non-hydrogen) atoms. The molecule has 4 rings (SSSR count). The third kappa shape index (κ3) is 2.21. The van der Waals surface area contributed by atoms with Gasteiger partial charge in [0, 0.05) is 42.3 Å². The number of carbonyl (C=O) groups is 4. The Morgan fingerprint density at radius 3 is 1.22 bits per heavy atom. The van der Waals surface area contributed by atoms with Gasteiger partial charge >= 0.3 is 0 Å². The maximum absolute atomic E-state index is 13.0. The number of amides is 4. The van der Waals surface area contributed by atoms with Gasteiger partial charge in [0.25, 0.3) is 23.6 Å². The van der Waals surface area contributed by atoms with Crippen molar-refractivity contribution in [2.75, 3.05) is 13.6 Å². The van der Waals surface area contributed by atoms with Crippen molar-refractivity contribution in [3.05, 3.63) is 40.1 Å². The van der Waals surface area contributed by atoms with Crippen LogP contribution < -0.4 is 0 Å². The van der Waals surface area contributed by atoms with Gasteiger partial charge < -0.3 is 0 Å². The largest absolute Gasteiger partial charge is 0.277 e. The highest BCUT2D eigenvalue weighted by Gasteiger charge is 2.43. The van der Waals surface area contributed by atoms with Crippen LogP contribution in [0.15, 0.2) is 17.9 Å². The predicted octanol–water partition coefficient (Wildman–Crippen LogP) is 4.73. The lowest BCUT2D eigenvalue weighted by molar-refractivity contribution is 0.0606. The first kappa shape index (κ1) is 19.2. The fraction of sp³-hybridized carbons (Fsp3) is 0.176. The molecular formula is C17H8Br4N2O4. The lowest BCUT2D eigenvalue weighted by atomic mass is 9.86. The first-order valence-electron chi connectivity index (χ1n) is 7.69. The first-order chi connectivity index (χ1) is 12.6. The molecule has 138 valence electrons. The maximum Gasteiger partial charge on any atom is 0.262 e. The molecule has 0 N–H and O–H groups in total. The topological polar surface area (TPSA) is 74.8 Å². The van der Waals surface area contributed by atoms with Crippen molar-refractivity contribution in [3.63, 3.8) is 0 Å². The minimum absolute atomic E-state index is 0.191. The maximum atomic E-state index is 13.0. The molecule has 2 heterocycles. The quantitative estimate of drug-likeness (QED) is 0.431. The van der Waals surface area contributed by atoms with Crippen molar-refractivity contribution < 1.29 is 19.2 Å². The highest BCUT2D eigenvalue weighted by Crippen LogP contribution is 2.50. The minimum Gasteiger partial charge on any atom is -0.277 e. The molecule has 0 saturated heterocycles. The van der Waals surface area contributed by atoms with Crippen LogP contribution in [0, 0.1) is 0 Å². The molecule has 0 radical (unpaired) electrons. The summed E-state index contributed by atoms with van der Waals surface area (Å²) >= 11 is 13.6. The summed E-state index contributed by atoms with van der Waals surface area (Å²) in [5, 5.41) is 0.607. The summed E-state index contributed by atoms with van der Waals surface area (Å²) in [7, 11) is 1.39. The Kier molecular flexibility index (Phi) is 4.41. The van der Waals surface area contributed by atoms with Crippen LogP contribution in [0.3, 0.4) is 0 Å². The molecule has 10 heteroatoms. The van der Waals surface area contributed by atoms with Gasteiger partial charge in [0.15, 0.2) is 0 Å². The van der Waals surface area contributed by atoms with Crippen LogP contribution in [0.1, 0.15) is 48.4 Å². The van der Waals surface area contributed by atoms with Crippen LogP contribution in [0.4, 0.5) is 0 Å². The average molecular weight is 624 g/mol. The summed E-state index contributed by atoms with van der Waals surface area (Å²) in [6.45, 7) is 1.90. The van der Waals surface area contributed by atoms with Gasteiger partial charge in [-0.3, -0.25) is 29.0 Å². The van der Waals surface area contributed by atoms with Crippen molar-refractivity contribution in [2.45, 2.75) is 6.92 Å². The molecule has 0 atom stereocenters. The van der Waals surface area contributed by atoms with Gasteiger partial charge in [-0.15, -0.1) is 0 Å². The number of hydrogen-bond acceptors (Lipinski definition) is 4. The molecule has 0 fully saturated rings. The molecule has 2 aromatic rings. The van der Waals surface area contributed by atoms with Gasteiger partial charge in [0.1, 0.15) is 0 Å². The number of carbonyl (C=O) groups excluding carboxylic acids is 4. The number of nitrogens with zero attached hydrogens (tertiary/aromatic N) is 2. The second-order valence-electron chi connectivity index (χ2n) is 6.03. The smallest absolute Gasteiger partial charge is 0.262 e. The highest BCUT2D eigenvalue weighted by molar-refractivity contribution is 9.13. The number of halogens is 4. The summed E-state index contributed by atoms with van der Waals surface area (Å²) in [5.41, 5.74) is 0.962. The molecule has 2 aromatic carbocycles. The Balaban J connectivity index is 2.38. The second-order valence-corrected chi connectivity index (χ2v) is 9.20. The average Bonchev–Trinajstić information content (AvgIpc) is 2.62. The van der Waals surface area contributed by atoms with Crippen LogP contribution in [0.5, 0.6) is 0 Å². The molecule has 2 aliphatic heterocycles. The second kappa shape index (κ2) is 6.20. The van der Waals surface area contributed by atoms with Crippen LogP contribution >= 0.6 is 63.7 Å². The Bertz CT molecular complexity index is 1080. The van der Waals surface area contributed by atoms with Crippen LogP contribution in [-0.2, 0) is 0 Å². The highest BCUT2D eigenvalue weighted by atomic mass is 79.9. The standard InChI is InChI=1S/C17H8Br4N2O4/c1-3-23-16(26)8-5-4-6(10(18)12(8)20)14(24)22(2)15(25)7(4)11(19)13(21)9(5)17(23)27/h3H2,1-2H3. The van der Waals surface area contributed by atoms with Gasteiger partial charge in [0.2, 0.25) is 0 Å². The first-order valence-corrected chi connectivity index (χ1v) is 10.9. The monoisotopic (exact) mass is 620 g/mol. The van der Waals surface area contributed by atoms with Crippen molar-refractivity contribution in [2.24, 2.45) is 0 Å². The SMILES string of the molecule is CCN1C(=O)c2c(Br)c(Br)c3c4c(c(Br)c(Br)c(c24)C1=O)C(=O)N(C)C3=O. The molecule has 6 nitrogen and oxygen atoms in total. The van der Waals surface area contributed by atoms with E-state index in [0.717, 1.165) is 9.80 Å². The Morgan fingerprint density at radius 2 is 0.926 bits per heavy atom. The van der Waals surface area contributed by atoms with E-state index in [1.165, 1.54) is 7.05 Å². The molecule has 0 unspecified atom stereocenters. The van der Waals surface area contributed by atoms with E-state index >= 15 is 0 Å². The summed E-state index contributed by atoms with van der Waals surface area (Å²) in [6.07, 6.45) is 0. The summed E-state index contributed by atoms with van der Waals surface area (Å²) in [6, 6.07) is 0. The Morgan fingerprint density at radius 1 is 0.630 bits per heavy atom. The molecule has 2 aliphatic rings. The summed E-state index contributed by atoms with van der Waals surface area (Å²) in [4.78, 5) is 53.9. The Labute approximate surface area is 186 Å². The van der Waals surface area contributed by atoms with Crippen LogP contribution in [-0.4, -0.2) is 47.0 Å². The zero-order chi connectivity index (χ0) is 19.9. The third-order valence-electron chi connectivity index (χ3n) is 4.78. The number of benzene rings is 2. The van der Waals surface area contributed by atoms with Crippen molar-refractivity contribution in [1.82, 2.24) is 9.80 Å². The number of hydrogen-bond donors (Lipinski definition) is 0. The number of imide groups is 2. The van der Waals surface area contributed by atoms with Crippen LogP contribution in [0.25, 0.3) is 10.8 Å². The van der Waals surface area contributed by atoms with Gasteiger partial charge in [-0.05, 0) is 70.6 Å². The van der Waals surface area contributed by atoms with E-state index in [9.17, 15) is 19.2 Å². The van der Waals surface area contributed by atoms with Crippen molar-refractivity contribution >= 4 is 98.1 Å². The summed E-state index contributed by atoms with van der Waals surface area (Å²) < 4.78 is 1.49. The van der Waals surface area contributed by atoms with Gasteiger partial charge in [-0.1, -0.05) is 0 Å². The lowest BCUT2D eigenvalue weighted by Crippen LogP contribution is -2.43. The van der Waals surface area contributed by atoms with Crippen LogP contribution in [0.2, 0.25) is 0 Å². The molecule has 0 aliphatic carbocycles. The van der Waals surface area contributed by atoms with Gasteiger partial charge in [-0.25, -0.2) is 0 Å². The van der Waals surface area contributed by atoms with E-state index < -0.39 is 23.6 Å². The fourth-order valence-corrected chi connectivity index (χ4v) is 5.77. The van der Waals surface area contributed by atoms with E-state index in [1.807, 2.05) is 0 Å². The van der Waals surface area contributed by atoms with Gasteiger partial charge in [0.05, 0.1) is 22.3 Å². The van der Waals surface area contributed by atoms with Crippen molar-refractivity contribution in [1.29, 1.82) is 0 Å². The van der Waals surface area contributed by atoms with E-state index in [2.05, 4.69) is 63.7 Å². The van der Waals surface area contributed by atoms with E-state index in [-0.39, 0.29) is 28.8 Å². The van der Waals surface area contributed by atoms with Crippen molar-refractivity contribution in [3.8, 4) is 0 Å². The third-order valence-corrected chi connectivity index (χ3v) is 9.02. The Hall–Kier alpha value is -1.10. The lowest BCUT2D eigenvalue weighted by Gasteiger charge is -2.33. The molecular weight excluding hydrogens is 616 g/mol. The fourth-order valence-electron chi connectivity index (χ4n) is 3.51. The zero-order valence-corrected chi connectivity index (χ0v) is 20.1. The molecule has 0 saturated carbocycles. The zero-order valence-electron chi connectivity index (χ0n) is 13.7. The van der Waals surface area contributed by atoms with Gasteiger partial charge in [-0.2, -0.15) is 0 Å². The molecule has 0 aromatic heterocycles. The van der Waals surface area contributed by atoms with E-state index in [0.29, 0.717) is 28.7 Å². The normalized spacial score (nSPS) is 16.1. The molecule has 4 amide bonds.